The average molecular weight is 317 g/mol. The maximum absolute atomic E-state index is 9.83. The molecule has 2 aromatic heterocycles. The smallest absolute Gasteiger partial charge is 0.145 e. The van der Waals surface area contributed by atoms with Gasteiger partial charge in [-0.05, 0) is 24.5 Å². The van der Waals surface area contributed by atoms with Gasteiger partial charge in [0.2, 0.25) is 0 Å². The predicted octanol–water partition coefficient (Wildman–Crippen LogP) is 3.03. The number of hydrogen-bond donors (Lipinski definition) is 0. The molecule has 0 N–H and O–H groups in total. The molecule has 0 bridgehead atoms. The molecule has 5 heteroatoms. The number of nitrogens with zero attached hydrogens (tertiary/aromatic N) is 5. The summed E-state index contributed by atoms with van der Waals surface area (Å²) in [6.45, 7) is 1.65. The third-order valence-electron chi connectivity index (χ3n) is 5.10. The monoisotopic (exact) mass is 317 g/mol. The first-order valence-corrected chi connectivity index (χ1v) is 8.21. The first kappa shape index (κ1) is 14.7. The van der Waals surface area contributed by atoms with E-state index in [0.717, 1.165) is 48.3 Å². The van der Waals surface area contributed by atoms with Gasteiger partial charge in [-0.15, -0.1) is 0 Å². The summed E-state index contributed by atoms with van der Waals surface area (Å²) in [5, 5.41) is 10.9. The summed E-state index contributed by atoms with van der Waals surface area (Å²) in [7, 11) is 1.99. The molecule has 1 saturated heterocycles. The van der Waals surface area contributed by atoms with Crippen LogP contribution in [0.25, 0.3) is 11.0 Å². The van der Waals surface area contributed by atoms with Crippen LogP contribution in [-0.4, -0.2) is 27.6 Å². The van der Waals surface area contributed by atoms with Crippen molar-refractivity contribution in [2.24, 2.45) is 7.05 Å². The molecular weight excluding hydrogens is 298 g/mol. The van der Waals surface area contributed by atoms with Gasteiger partial charge in [-0.2, -0.15) is 5.26 Å². The van der Waals surface area contributed by atoms with E-state index in [0.29, 0.717) is 0 Å². The lowest BCUT2D eigenvalue weighted by Crippen LogP contribution is -2.42. The molecule has 1 aliphatic rings. The van der Waals surface area contributed by atoms with Crippen LogP contribution in [0.5, 0.6) is 0 Å². The summed E-state index contributed by atoms with van der Waals surface area (Å²) in [5.74, 6) is 0.972. The minimum Gasteiger partial charge on any atom is -0.356 e. The molecule has 0 aliphatic carbocycles. The Morgan fingerprint density at radius 1 is 1.08 bits per heavy atom. The molecule has 1 fully saturated rings. The Morgan fingerprint density at radius 2 is 1.83 bits per heavy atom. The van der Waals surface area contributed by atoms with Crippen LogP contribution < -0.4 is 4.90 Å². The van der Waals surface area contributed by atoms with E-state index in [2.05, 4.69) is 39.1 Å². The number of aromatic nitrogens is 3. The first-order chi connectivity index (χ1) is 11.7. The zero-order valence-electron chi connectivity index (χ0n) is 13.7. The summed E-state index contributed by atoms with van der Waals surface area (Å²) in [4.78, 5) is 11.2. The van der Waals surface area contributed by atoms with E-state index in [1.54, 1.807) is 6.33 Å². The van der Waals surface area contributed by atoms with Crippen molar-refractivity contribution < 1.29 is 0 Å². The van der Waals surface area contributed by atoms with Crippen molar-refractivity contribution in [3.63, 3.8) is 0 Å². The van der Waals surface area contributed by atoms with Crippen LogP contribution in [0.15, 0.2) is 48.9 Å². The van der Waals surface area contributed by atoms with E-state index in [1.807, 2.05) is 36.0 Å². The van der Waals surface area contributed by atoms with E-state index in [9.17, 15) is 5.26 Å². The topological polar surface area (TPSA) is 57.7 Å². The van der Waals surface area contributed by atoms with Gasteiger partial charge in [0.25, 0.3) is 0 Å². The normalized spacial score (nSPS) is 16.9. The standard InChI is InChI=1S/C19H19N5/c1-23-10-7-16-17(23)21-14-22-18(16)24-11-8-19(13-20,9-12-24)15-5-3-2-4-6-15/h2-7,10,14H,8-9,11-12H2,1H3. The highest BCUT2D eigenvalue weighted by Gasteiger charge is 2.37. The second kappa shape index (κ2) is 5.64. The zero-order valence-corrected chi connectivity index (χ0v) is 13.7. The van der Waals surface area contributed by atoms with Crippen LogP contribution in [0.4, 0.5) is 5.82 Å². The molecule has 5 nitrogen and oxygen atoms in total. The fourth-order valence-electron chi connectivity index (χ4n) is 3.64. The minimum atomic E-state index is -0.388. The van der Waals surface area contributed by atoms with Gasteiger partial charge in [0.15, 0.2) is 0 Å². The predicted molar refractivity (Wildman–Crippen MR) is 93.7 cm³/mol. The van der Waals surface area contributed by atoms with Gasteiger partial charge in [-0.3, -0.25) is 0 Å². The molecule has 3 aromatic rings. The van der Waals surface area contributed by atoms with Crippen LogP contribution in [0.3, 0.4) is 0 Å². The third-order valence-corrected chi connectivity index (χ3v) is 5.10. The molecule has 0 atom stereocenters. The highest BCUT2D eigenvalue weighted by molar-refractivity contribution is 5.87. The number of aryl methyl sites for hydroxylation is 1. The van der Waals surface area contributed by atoms with E-state index in [4.69, 9.17) is 0 Å². The van der Waals surface area contributed by atoms with E-state index in [-0.39, 0.29) is 5.41 Å². The van der Waals surface area contributed by atoms with Crippen LogP contribution >= 0.6 is 0 Å². The molecule has 0 unspecified atom stereocenters. The van der Waals surface area contributed by atoms with Crippen molar-refractivity contribution in [3.05, 3.63) is 54.5 Å². The highest BCUT2D eigenvalue weighted by Crippen LogP contribution is 2.37. The van der Waals surface area contributed by atoms with Crippen LogP contribution in [0.2, 0.25) is 0 Å². The Bertz CT molecular complexity index is 898. The second-order valence-electron chi connectivity index (χ2n) is 6.41. The Balaban J connectivity index is 1.63. The van der Waals surface area contributed by atoms with Gasteiger partial charge in [0.05, 0.1) is 16.9 Å². The number of rotatable bonds is 2. The molecule has 3 heterocycles. The van der Waals surface area contributed by atoms with Crippen LogP contribution in [-0.2, 0) is 12.5 Å². The van der Waals surface area contributed by atoms with Crippen molar-refractivity contribution in [3.8, 4) is 6.07 Å². The summed E-state index contributed by atoms with van der Waals surface area (Å²) >= 11 is 0. The molecule has 0 radical (unpaired) electrons. The summed E-state index contributed by atoms with van der Waals surface area (Å²) in [5.41, 5.74) is 1.68. The lowest BCUT2D eigenvalue weighted by atomic mass is 9.74. The summed E-state index contributed by atoms with van der Waals surface area (Å²) < 4.78 is 2.01. The largest absolute Gasteiger partial charge is 0.356 e. The second-order valence-corrected chi connectivity index (χ2v) is 6.41. The van der Waals surface area contributed by atoms with Crippen LogP contribution in [0, 0.1) is 11.3 Å². The Morgan fingerprint density at radius 3 is 2.54 bits per heavy atom. The number of piperidine rings is 1. The Hall–Kier alpha value is -2.87. The Kier molecular flexibility index (Phi) is 3.46. The minimum absolute atomic E-state index is 0.388. The van der Waals surface area contributed by atoms with Crippen molar-refractivity contribution in [1.82, 2.24) is 14.5 Å². The van der Waals surface area contributed by atoms with Crippen molar-refractivity contribution in [1.29, 1.82) is 5.26 Å². The van der Waals surface area contributed by atoms with Gasteiger partial charge >= 0.3 is 0 Å². The molecule has 4 rings (SSSR count). The maximum Gasteiger partial charge on any atom is 0.145 e. The average Bonchev–Trinajstić information content (AvgIpc) is 3.04. The van der Waals surface area contributed by atoms with Crippen LogP contribution in [0.1, 0.15) is 18.4 Å². The number of anilines is 1. The number of benzene rings is 1. The first-order valence-electron chi connectivity index (χ1n) is 8.21. The lowest BCUT2D eigenvalue weighted by molar-refractivity contribution is 0.414. The quantitative estimate of drug-likeness (QED) is 0.729. The van der Waals surface area contributed by atoms with Gasteiger partial charge in [0, 0.05) is 26.3 Å². The van der Waals surface area contributed by atoms with Gasteiger partial charge in [-0.1, -0.05) is 30.3 Å². The molecule has 120 valence electrons. The van der Waals surface area contributed by atoms with Crippen molar-refractivity contribution in [2.45, 2.75) is 18.3 Å². The number of fused-ring (bicyclic) bond motifs is 1. The molecule has 1 aliphatic heterocycles. The van der Waals surface area contributed by atoms with Gasteiger partial charge in [-0.25, -0.2) is 9.97 Å². The molecule has 24 heavy (non-hydrogen) atoms. The van der Waals surface area contributed by atoms with Crippen molar-refractivity contribution in [2.75, 3.05) is 18.0 Å². The van der Waals surface area contributed by atoms with E-state index in [1.165, 1.54) is 0 Å². The van der Waals surface area contributed by atoms with Gasteiger partial charge in [0.1, 0.15) is 17.8 Å². The third kappa shape index (κ3) is 2.23. The molecule has 0 spiro atoms. The summed E-state index contributed by atoms with van der Waals surface area (Å²) in [6.07, 6.45) is 5.26. The molecule has 0 amide bonds. The fourth-order valence-corrected chi connectivity index (χ4v) is 3.64. The summed E-state index contributed by atoms with van der Waals surface area (Å²) in [6, 6.07) is 14.8. The fraction of sp³-hybridized carbons (Fsp3) is 0.316. The Labute approximate surface area is 141 Å². The lowest BCUT2D eigenvalue weighted by Gasteiger charge is -2.38. The van der Waals surface area contributed by atoms with Crippen molar-refractivity contribution >= 4 is 16.9 Å². The molecule has 0 saturated carbocycles. The van der Waals surface area contributed by atoms with Gasteiger partial charge < -0.3 is 9.47 Å². The number of nitriles is 1. The van der Waals surface area contributed by atoms with E-state index >= 15 is 0 Å². The molecule has 1 aromatic carbocycles. The molecular formula is C19H19N5. The zero-order chi connectivity index (χ0) is 16.6. The highest BCUT2D eigenvalue weighted by atomic mass is 15.2. The SMILES string of the molecule is Cn1ccc2c(N3CCC(C#N)(c4ccccc4)CC3)ncnc21. The van der Waals surface area contributed by atoms with E-state index < -0.39 is 0 Å². The maximum atomic E-state index is 9.83. The number of hydrogen-bond acceptors (Lipinski definition) is 4.